The number of rotatable bonds is 3. The number of piperidine rings is 1. The molecule has 17 heavy (non-hydrogen) atoms. The Bertz CT molecular complexity index is 286. The molecule has 0 aromatic carbocycles. The zero-order chi connectivity index (χ0) is 12.6. The standard InChI is InChI=1S/C13H25N3O/c1-5-15-7-10-6-11(8-15)16(10)9-12(17)14-13(2,3)4/h10-11H,5-9H2,1-4H3,(H,14,17). The Morgan fingerprint density at radius 1 is 1.29 bits per heavy atom. The molecular weight excluding hydrogens is 214 g/mol. The molecule has 3 rings (SSSR count). The number of hydrogen-bond donors (Lipinski definition) is 1. The topological polar surface area (TPSA) is 35.6 Å². The Labute approximate surface area is 104 Å². The molecule has 1 N–H and O–H groups in total. The second-order valence-electron chi connectivity index (χ2n) is 6.37. The van der Waals surface area contributed by atoms with Gasteiger partial charge < -0.3 is 10.2 Å². The quantitative estimate of drug-likeness (QED) is 0.786. The van der Waals surface area contributed by atoms with Gasteiger partial charge in [0.25, 0.3) is 0 Å². The lowest BCUT2D eigenvalue weighted by Crippen LogP contribution is -2.70. The summed E-state index contributed by atoms with van der Waals surface area (Å²) in [6.45, 7) is 12.3. The monoisotopic (exact) mass is 239 g/mol. The van der Waals surface area contributed by atoms with Gasteiger partial charge in [-0.05, 0) is 33.7 Å². The van der Waals surface area contributed by atoms with Gasteiger partial charge in [-0.2, -0.15) is 0 Å². The molecule has 0 aromatic heterocycles. The van der Waals surface area contributed by atoms with Gasteiger partial charge in [-0.25, -0.2) is 0 Å². The van der Waals surface area contributed by atoms with E-state index in [1.54, 1.807) is 0 Å². The van der Waals surface area contributed by atoms with Gasteiger partial charge in [0.15, 0.2) is 0 Å². The van der Waals surface area contributed by atoms with Crippen LogP contribution in [0.2, 0.25) is 0 Å². The van der Waals surface area contributed by atoms with Gasteiger partial charge in [-0.3, -0.25) is 9.69 Å². The Balaban J connectivity index is 1.81. The molecule has 0 spiro atoms. The van der Waals surface area contributed by atoms with Crippen molar-refractivity contribution >= 4 is 5.91 Å². The highest BCUT2D eigenvalue weighted by Gasteiger charge is 2.44. The maximum atomic E-state index is 11.9. The van der Waals surface area contributed by atoms with Crippen molar-refractivity contribution in [2.24, 2.45) is 0 Å². The molecule has 4 nitrogen and oxygen atoms in total. The Hall–Kier alpha value is -0.610. The molecule has 3 fully saturated rings. The van der Waals surface area contributed by atoms with Crippen molar-refractivity contribution in [1.82, 2.24) is 15.1 Å². The number of amides is 1. The maximum absolute atomic E-state index is 11.9. The van der Waals surface area contributed by atoms with Gasteiger partial charge in [0.05, 0.1) is 6.54 Å². The van der Waals surface area contributed by atoms with Crippen LogP contribution in [0.4, 0.5) is 0 Å². The second kappa shape index (κ2) is 4.58. The molecule has 0 saturated carbocycles. The van der Waals surface area contributed by atoms with Gasteiger partial charge >= 0.3 is 0 Å². The van der Waals surface area contributed by atoms with Crippen LogP contribution in [0, 0.1) is 0 Å². The summed E-state index contributed by atoms with van der Waals surface area (Å²) in [5, 5.41) is 3.04. The smallest absolute Gasteiger partial charge is 0.234 e. The van der Waals surface area contributed by atoms with Crippen molar-refractivity contribution in [1.29, 1.82) is 0 Å². The second-order valence-corrected chi connectivity index (χ2v) is 6.37. The van der Waals surface area contributed by atoms with E-state index in [1.807, 2.05) is 20.8 Å². The van der Waals surface area contributed by atoms with E-state index in [9.17, 15) is 4.79 Å². The summed E-state index contributed by atoms with van der Waals surface area (Å²) in [6.07, 6.45) is 1.28. The number of likely N-dealkylation sites (N-methyl/N-ethyl adjacent to an activating group) is 1. The number of fused-ring (bicyclic) bond motifs is 2. The summed E-state index contributed by atoms with van der Waals surface area (Å²) in [6, 6.07) is 1.22. The molecule has 0 aromatic rings. The van der Waals surface area contributed by atoms with Crippen LogP contribution in [0.3, 0.4) is 0 Å². The lowest BCUT2D eigenvalue weighted by atomic mass is 9.87. The van der Waals surface area contributed by atoms with Gasteiger partial charge in [0.2, 0.25) is 5.91 Å². The predicted octanol–water partition coefficient (Wildman–Crippen LogP) is 0.680. The summed E-state index contributed by atoms with van der Waals surface area (Å²) < 4.78 is 0. The fourth-order valence-corrected chi connectivity index (χ4v) is 2.91. The molecule has 3 aliphatic heterocycles. The first kappa shape index (κ1) is 12.8. The predicted molar refractivity (Wildman–Crippen MR) is 68.9 cm³/mol. The molecule has 98 valence electrons. The summed E-state index contributed by atoms with van der Waals surface area (Å²) >= 11 is 0. The van der Waals surface area contributed by atoms with E-state index >= 15 is 0 Å². The van der Waals surface area contributed by atoms with E-state index in [-0.39, 0.29) is 11.4 Å². The SMILES string of the molecule is CCN1CC2CC(C1)N2CC(=O)NC(C)(C)C. The van der Waals surface area contributed by atoms with E-state index < -0.39 is 0 Å². The molecule has 2 atom stereocenters. The molecule has 0 aliphatic carbocycles. The first-order valence-electron chi connectivity index (χ1n) is 6.68. The molecule has 2 unspecified atom stereocenters. The number of hydrogen-bond acceptors (Lipinski definition) is 3. The summed E-state index contributed by atoms with van der Waals surface area (Å²) in [5.41, 5.74) is -0.119. The van der Waals surface area contributed by atoms with Crippen LogP contribution < -0.4 is 5.32 Å². The average Bonchev–Trinajstić information content (AvgIpc) is 2.23. The summed E-state index contributed by atoms with van der Waals surface area (Å²) in [5.74, 6) is 0.164. The van der Waals surface area contributed by atoms with Gasteiger partial charge in [-0.1, -0.05) is 6.92 Å². The number of carbonyl (C=O) groups is 1. The van der Waals surface area contributed by atoms with Crippen LogP contribution in [-0.2, 0) is 4.79 Å². The van der Waals surface area contributed by atoms with Crippen molar-refractivity contribution in [3.05, 3.63) is 0 Å². The van der Waals surface area contributed by atoms with E-state index in [4.69, 9.17) is 0 Å². The summed E-state index contributed by atoms with van der Waals surface area (Å²) in [7, 11) is 0. The van der Waals surface area contributed by atoms with Crippen LogP contribution in [0.1, 0.15) is 34.1 Å². The molecular formula is C13H25N3O. The molecule has 0 radical (unpaired) electrons. The van der Waals surface area contributed by atoms with Crippen LogP contribution in [0.25, 0.3) is 0 Å². The van der Waals surface area contributed by atoms with Crippen LogP contribution in [0.15, 0.2) is 0 Å². The molecule has 3 heterocycles. The fraction of sp³-hybridized carbons (Fsp3) is 0.923. The van der Waals surface area contributed by atoms with E-state index in [0.29, 0.717) is 18.6 Å². The third-order valence-electron chi connectivity index (χ3n) is 3.71. The van der Waals surface area contributed by atoms with Crippen LogP contribution in [-0.4, -0.2) is 59.5 Å². The normalized spacial score (nSPS) is 29.9. The van der Waals surface area contributed by atoms with Crippen molar-refractivity contribution in [2.45, 2.75) is 51.7 Å². The Kier molecular flexibility index (Phi) is 3.46. The highest BCUT2D eigenvalue weighted by atomic mass is 16.2. The maximum Gasteiger partial charge on any atom is 0.234 e. The largest absolute Gasteiger partial charge is 0.350 e. The molecule has 3 saturated heterocycles. The third-order valence-corrected chi connectivity index (χ3v) is 3.71. The number of carbonyl (C=O) groups excluding carboxylic acids is 1. The minimum absolute atomic E-state index is 0.119. The van der Waals surface area contributed by atoms with Gasteiger partial charge in [0, 0.05) is 30.7 Å². The third kappa shape index (κ3) is 2.99. The van der Waals surface area contributed by atoms with Crippen molar-refractivity contribution < 1.29 is 4.79 Å². The zero-order valence-corrected chi connectivity index (χ0v) is 11.5. The minimum atomic E-state index is -0.119. The Morgan fingerprint density at radius 3 is 2.35 bits per heavy atom. The number of nitrogens with zero attached hydrogens (tertiary/aromatic N) is 2. The first-order valence-corrected chi connectivity index (χ1v) is 6.68. The molecule has 3 aliphatic rings. The highest BCUT2D eigenvalue weighted by molar-refractivity contribution is 5.79. The lowest BCUT2D eigenvalue weighted by Gasteiger charge is -2.56. The first-order chi connectivity index (χ1) is 7.89. The van der Waals surface area contributed by atoms with Crippen molar-refractivity contribution in [3.63, 3.8) is 0 Å². The zero-order valence-electron chi connectivity index (χ0n) is 11.5. The minimum Gasteiger partial charge on any atom is -0.350 e. The fourth-order valence-electron chi connectivity index (χ4n) is 2.91. The van der Waals surface area contributed by atoms with Gasteiger partial charge in [0.1, 0.15) is 0 Å². The molecule has 4 heteroatoms. The van der Waals surface area contributed by atoms with Crippen LogP contribution >= 0.6 is 0 Å². The molecule has 1 amide bonds. The number of piperazine rings is 1. The van der Waals surface area contributed by atoms with Crippen molar-refractivity contribution in [3.8, 4) is 0 Å². The highest BCUT2D eigenvalue weighted by Crippen LogP contribution is 2.31. The van der Waals surface area contributed by atoms with Crippen molar-refractivity contribution in [2.75, 3.05) is 26.2 Å². The van der Waals surface area contributed by atoms with E-state index in [0.717, 1.165) is 19.6 Å². The lowest BCUT2D eigenvalue weighted by molar-refractivity contribution is -0.132. The molecule has 2 bridgehead atoms. The van der Waals surface area contributed by atoms with E-state index in [2.05, 4.69) is 22.0 Å². The van der Waals surface area contributed by atoms with E-state index in [1.165, 1.54) is 6.42 Å². The summed E-state index contributed by atoms with van der Waals surface area (Å²) in [4.78, 5) is 16.7. The Morgan fingerprint density at radius 2 is 1.88 bits per heavy atom. The number of nitrogens with one attached hydrogen (secondary N) is 1. The average molecular weight is 239 g/mol. The van der Waals surface area contributed by atoms with Gasteiger partial charge in [-0.15, -0.1) is 0 Å². The van der Waals surface area contributed by atoms with Crippen LogP contribution in [0.5, 0.6) is 0 Å².